The van der Waals surface area contributed by atoms with E-state index in [0.717, 1.165) is 12.8 Å². The highest BCUT2D eigenvalue weighted by molar-refractivity contribution is 4.42. The molecular weight excluding hydrogens is 152 g/mol. The van der Waals surface area contributed by atoms with E-state index in [-0.39, 0.29) is 0 Å². The molecule has 0 spiro atoms. The van der Waals surface area contributed by atoms with Gasteiger partial charge in [0.15, 0.2) is 6.29 Å². The molecule has 0 heterocycles. The maximum atomic E-state index is 10.9. The highest BCUT2D eigenvalue weighted by Gasteiger charge is 2.02. The van der Waals surface area contributed by atoms with Crippen LogP contribution < -0.4 is 0 Å². The minimum absolute atomic E-state index is 0.647. The number of unbranched alkanes of at least 4 members (excludes halogenated alkanes) is 3. The molecule has 0 bridgehead atoms. The molecule has 0 aliphatic heterocycles. The maximum Gasteiger partial charge on any atom is 0.191 e. The van der Waals surface area contributed by atoms with Gasteiger partial charge < -0.3 is 4.74 Å². The second-order valence-corrected chi connectivity index (χ2v) is 3.15. The smallest absolute Gasteiger partial charge is 0.191 e. The molecule has 0 aromatic carbocycles. The monoisotopic (exact) mass is 173 g/mol. The van der Waals surface area contributed by atoms with Crippen LogP contribution in [0.2, 0.25) is 0 Å². The molecular formula is C10H21O2. The fraction of sp³-hybridized carbons (Fsp3) is 1.00. The van der Waals surface area contributed by atoms with Crippen LogP contribution in [0.4, 0.5) is 0 Å². The molecule has 73 valence electrons. The van der Waals surface area contributed by atoms with Crippen molar-refractivity contribution in [3.8, 4) is 0 Å². The van der Waals surface area contributed by atoms with Crippen LogP contribution >= 0.6 is 0 Å². The van der Waals surface area contributed by atoms with E-state index in [9.17, 15) is 5.11 Å². The third-order valence-electron chi connectivity index (χ3n) is 1.83. The normalized spacial score (nSPS) is 13.2. The zero-order valence-corrected chi connectivity index (χ0v) is 8.34. The fourth-order valence-electron chi connectivity index (χ4n) is 1.06. The molecule has 0 rings (SSSR count). The van der Waals surface area contributed by atoms with E-state index in [1.165, 1.54) is 19.3 Å². The Labute approximate surface area is 75.9 Å². The van der Waals surface area contributed by atoms with Crippen molar-refractivity contribution in [2.45, 2.75) is 58.7 Å². The van der Waals surface area contributed by atoms with Crippen LogP contribution in [0.15, 0.2) is 0 Å². The van der Waals surface area contributed by atoms with Gasteiger partial charge in [0.2, 0.25) is 0 Å². The van der Waals surface area contributed by atoms with Crippen molar-refractivity contribution < 1.29 is 9.84 Å². The topological polar surface area (TPSA) is 29.1 Å². The lowest BCUT2D eigenvalue weighted by Gasteiger charge is -2.07. The van der Waals surface area contributed by atoms with Gasteiger partial charge in [-0.2, -0.15) is 0 Å². The molecule has 0 aliphatic rings. The lowest BCUT2D eigenvalue weighted by atomic mass is 10.2. The first-order chi connectivity index (χ1) is 5.81. The minimum Gasteiger partial charge on any atom is -0.350 e. The van der Waals surface area contributed by atoms with Gasteiger partial charge >= 0.3 is 0 Å². The second-order valence-electron chi connectivity index (χ2n) is 3.15. The van der Waals surface area contributed by atoms with Crippen LogP contribution in [-0.4, -0.2) is 12.9 Å². The third kappa shape index (κ3) is 8.02. The van der Waals surface area contributed by atoms with Gasteiger partial charge in [-0.05, 0) is 6.42 Å². The molecule has 0 aromatic heterocycles. The van der Waals surface area contributed by atoms with Gasteiger partial charge in [-0.15, -0.1) is 0 Å². The van der Waals surface area contributed by atoms with E-state index in [2.05, 4.69) is 6.92 Å². The van der Waals surface area contributed by atoms with E-state index in [0.29, 0.717) is 13.0 Å². The first-order valence-electron chi connectivity index (χ1n) is 5.08. The van der Waals surface area contributed by atoms with E-state index < -0.39 is 6.29 Å². The molecule has 1 atom stereocenters. The predicted octanol–water partition coefficient (Wildman–Crippen LogP) is 3.14. The molecule has 1 unspecified atom stereocenters. The maximum absolute atomic E-state index is 10.9. The summed E-state index contributed by atoms with van der Waals surface area (Å²) in [6.07, 6.45) is 5.50. The molecule has 1 radical (unpaired) electrons. The van der Waals surface area contributed by atoms with E-state index in [1.54, 1.807) is 0 Å². The Morgan fingerprint density at radius 3 is 2.42 bits per heavy atom. The quantitative estimate of drug-likeness (QED) is 0.409. The fourth-order valence-corrected chi connectivity index (χ4v) is 1.06. The highest BCUT2D eigenvalue weighted by Crippen LogP contribution is 2.03. The SMILES string of the molecule is CCCCCCOC([O])CCC. The molecule has 0 saturated carbocycles. The van der Waals surface area contributed by atoms with Crippen LogP contribution in [0.25, 0.3) is 0 Å². The second kappa shape index (κ2) is 9.01. The van der Waals surface area contributed by atoms with Gasteiger partial charge in [0.05, 0.1) is 0 Å². The average molecular weight is 173 g/mol. The molecule has 12 heavy (non-hydrogen) atoms. The summed E-state index contributed by atoms with van der Waals surface area (Å²) in [5, 5.41) is 10.9. The lowest BCUT2D eigenvalue weighted by Crippen LogP contribution is -2.10. The summed E-state index contributed by atoms with van der Waals surface area (Å²) in [7, 11) is 0. The van der Waals surface area contributed by atoms with Crippen LogP contribution in [0.3, 0.4) is 0 Å². The van der Waals surface area contributed by atoms with Crippen molar-refractivity contribution in [3.63, 3.8) is 0 Å². The largest absolute Gasteiger partial charge is 0.350 e. The van der Waals surface area contributed by atoms with Crippen molar-refractivity contribution >= 4 is 0 Å². The Bertz CT molecular complexity index is 83.9. The Morgan fingerprint density at radius 1 is 1.08 bits per heavy atom. The Kier molecular flexibility index (Phi) is 8.95. The number of rotatable bonds is 8. The van der Waals surface area contributed by atoms with E-state index in [4.69, 9.17) is 4.74 Å². The van der Waals surface area contributed by atoms with Gasteiger partial charge in [0, 0.05) is 13.0 Å². The van der Waals surface area contributed by atoms with Crippen molar-refractivity contribution in [3.05, 3.63) is 0 Å². The van der Waals surface area contributed by atoms with Crippen LogP contribution in [0.5, 0.6) is 0 Å². The summed E-state index contributed by atoms with van der Waals surface area (Å²) >= 11 is 0. The number of ether oxygens (including phenoxy) is 1. The summed E-state index contributed by atoms with van der Waals surface area (Å²) in [6.45, 7) is 4.83. The van der Waals surface area contributed by atoms with Crippen molar-refractivity contribution in [1.29, 1.82) is 0 Å². The van der Waals surface area contributed by atoms with Gasteiger partial charge in [-0.1, -0.05) is 39.5 Å². The number of hydrogen-bond acceptors (Lipinski definition) is 1. The molecule has 2 heteroatoms. The average Bonchev–Trinajstić information content (AvgIpc) is 2.05. The van der Waals surface area contributed by atoms with Crippen molar-refractivity contribution in [1.82, 2.24) is 0 Å². The van der Waals surface area contributed by atoms with Crippen LogP contribution in [0.1, 0.15) is 52.4 Å². The number of hydrogen-bond donors (Lipinski definition) is 0. The van der Waals surface area contributed by atoms with Gasteiger partial charge in [-0.25, -0.2) is 5.11 Å². The summed E-state index contributed by atoms with van der Waals surface area (Å²) in [5.74, 6) is 0. The first-order valence-corrected chi connectivity index (χ1v) is 5.08. The summed E-state index contributed by atoms with van der Waals surface area (Å²) in [5.41, 5.74) is 0. The van der Waals surface area contributed by atoms with Crippen LogP contribution in [-0.2, 0) is 9.84 Å². The van der Waals surface area contributed by atoms with Gasteiger partial charge in [0.25, 0.3) is 0 Å². The zero-order chi connectivity index (χ0) is 9.23. The molecule has 0 saturated heterocycles. The molecule has 0 aliphatic carbocycles. The molecule has 0 aromatic rings. The standard InChI is InChI=1S/C10H21O2/c1-3-5-6-7-9-12-10(11)8-4-2/h10H,3-9H2,1-2H3. The first kappa shape index (κ1) is 11.9. The van der Waals surface area contributed by atoms with Crippen molar-refractivity contribution in [2.75, 3.05) is 6.61 Å². The van der Waals surface area contributed by atoms with Gasteiger partial charge in [-0.3, -0.25) is 0 Å². The Hall–Kier alpha value is -0.0800. The predicted molar refractivity (Wildman–Crippen MR) is 49.5 cm³/mol. The Morgan fingerprint density at radius 2 is 1.83 bits per heavy atom. The van der Waals surface area contributed by atoms with Crippen LogP contribution in [0, 0.1) is 0 Å². The summed E-state index contributed by atoms with van der Waals surface area (Å²) in [4.78, 5) is 0. The third-order valence-corrected chi connectivity index (χ3v) is 1.83. The molecule has 2 nitrogen and oxygen atoms in total. The summed E-state index contributed by atoms with van der Waals surface area (Å²) < 4.78 is 5.07. The molecule has 0 amide bonds. The summed E-state index contributed by atoms with van der Waals surface area (Å²) in [6, 6.07) is 0. The Balaban J connectivity index is 2.97. The zero-order valence-electron chi connectivity index (χ0n) is 8.34. The van der Waals surface area contributed by atoms with Crippen molar-refractivity contribution in [2.24, 2.45) is 0 Å². The molecule has 0 fully saturated rings. The van der Waals surface area contributed by atoms with E-state index >= 15 is 0 Å². The van der Waals surface area contributed by atoms with E-state index in [1.807, 2.05) is 6.92 Å². The highest BCUT2D eigenvalue weighted by atomic mass is 16.6. The minimum atomic E-state index is -0.781. The molecule has 0 N–H and O–H groups in total. The lowest BCUT2D eigenvalue weighted by molar-refractivity contribution is -0.144. The van der Waals surface area contributed by atoms with Gasteiger partial charge in [0.1, 0.15) is 0 Å².